The van der Waals surface area contributed by atoms with E-state index in [-0.39, 0.29) is 18.3 Å². The molecule has 0 atom stereocenters. The van der Waals surface area contributed by atoms with Crippen LogP contribution in [0.2, 0.25) is 0 Å². The molecule has 0 radical (unpaired) electrons. The molecule has 14 aromatic carbocycles. The van der Waals surface area contributed by atoms with Crippen LogP contribution in [0.5, 0.6) is 0 Å². The zero-order valence-corrected chi connectivity index (χ0v) is 54.3. The number of H-pyrrole nitrogens is 1. The van der Waals surface area contributed by atoms with E-state index in [0.29, 0.717) is 0 Å². The first-order valence-electron chi connectivity index (χ1n) is 32.5. The molecule has 0 unspecified atom stereocenters. The normalized spacial score (nSPS) is 13.8. The highest BCUT2D eigenvalue weighted by Gasteiger charge is 2.52. The summed E-state index contributed by atoms with van der Waals surface area (Å²) < 4.78 is 18.3. The SMILES string of the molecule is Brc1ccc2c(c1)c1ccc3ccccc3c1n2-c1cccc(-c2ccccc2)c1.CC1(C)OB(c2ccc3c(c2)-c2ccccc2C3)OC1(C)C.c1ccc(-c2cccc(-n3c4ccc(-c5ccc6[nH]c7ccccc7c6c5)cc4c4ccc5ccccc5c43)c2)cc1. The number of nitrogens with zero attached hydrogens (tertiary/aromatic N) is 2. The first kappa shape index (κ1) is 57.4. The molecular formula is C87H65BBrN3O2. The molecule has 0 saturated carbocycles. The summed E-state index contributed by atoms with van der Waals surface area (Å²) in [7, 11) is -0.289. The Balaban J connectivity index is 0.000000113. The number of halogens is 1. The molecule has 94 heavy (non-hydrogen) atoms. The van der Waals surface area contributed by atoms with E-state index in [0.717, 1.165) is 16.4 Å². The van der Waals surface area contributed by atoms with Crippen molar-refractivity contribution in [2.24, 2.45) is 0 Å². The van der Waals surface area contributed by atoms with E-state index < -0.39 is 0 Å². The van der Waals surface area contributed by atoms with Gasteiger partial charge in [-0.05, 0) is 179 Å². The molecule has 3 aromatic heterocycles. The number of benzene rings is 14. The predicted molar refractivity (Wildman–Crippen MR) is 400 cm³/mol. The highest BCUT2D eigenvalue weighted by molar-refractivity contribution is 9.10. The third-order valence-electron chi connectivity index (χ3n) is 19.9. The number of nitrogens with one attached hydrogen (secondary N) is 1. The van der Waals surface area contributed by atoms with Crippen LogP contribution in [0.15, 0.2) is 308 Å². The third-order valence-corrected chi connectivity index (χ3v) is 20.4. The van der Waals surface area contributed by atoms with Gasteiger partial charge in [0.25, 0.3) is 0 Å². The van der Waals surface area contributed by atoms with Crippen LogP contribution in [0.3, 0.4) is 0 Å². The Kier molecular flexibility index (Phi) is 14.0. The van der Waals surface area contributed by atoms with E-state index >= 15 is 0 Å². The predicted octanol–water partition coefficient (Wildman–Crippen LogP) is 22.8. The number of hydrogen-bond acceptors (Lipinski definition) is 2. The lowest BCUT2D eigenvalue weighted by Gasteiger charge is -2.32. The zero-order chi connectivity index (χ0) is 63.2. The fraction of sp³-hybridized carbons (Fsp3) is 0.0805. The molecule has 1 saturated heterocycles. The molecule has 1 N–H and O–H groups in total. The molecule has 4 heterocycles. The minimum atomic E-state index is -0.297. The number of rotatable bonds is 6. The summed E-state index contributed by atoms with van der Waals surface area (Å²) in [6.07, 6.45) is 1.02. The third kappa shape index (κ3) is 9.93. The Morgan fingerprint density at radius 2 is 0.819 bits per heavy atom. The summed E-state index contributed by atoms with van der Waals surface area (Å²) >= 11 is 3.67. The summed E-state index contributed by atoms with van der Waals surface area (Å²) in [5.74, 6) is 0. The zero-order valence-electron chi connectivity index (χ0n) is 52.7. The topological polar surface area (TPSA) is 44.1 Å². The van der Waals surface area contributed by atoms with Crippen LogP contribution in [0, 0.1) is 0 Å². The molecule has 17 aromatic rings. The smallest absolute Gasteiger partial charge is 0.399 e. The highest BCUT2D eigenvalue weighted by Crippen LogP contribution is 2.43. The van der Waals surface area contributed by atoms with Crippen LogP contribution in [0.25, 0.3) is 143 Å². The maximum absolute atomic E-state index is 6.18. The van der Waals surface area contributed by atoms with Crippen LogP contribution in [-0.2, 0) is 15.7 Å². The van der Waals surface area contributed by atoms with Crippen LogP contribution in [0.1, 0.15) is 38.8 Å². The Bertz CT molecular complexity index is 5810. The first-order valence-corrected chi connectivity index (χ1v) is 33.2. The number of aromatic amines is 1. The lowest BCUT2D eigenvalue weighted by atomic mass is 9.77. The van der Waals surface area contributed by atoms with Gasteiger partial charge in [-0.15, -0.1) is 0 Å². The van der Waals surface area contributed by atoms with Crippen molar-refractivity contribution in [2.45, 2.75) is 45.3 Å². The second-order valence-electron chi connectivity index (χ2n) is 26.0. The average molecular weight is 1280 g/mol. The van der Waals surface area contributed by atoms with Crippen LogP contribution < -0.4 is 5.46 Å². The molecule has 7 heteroatoms. The summed E-state index contributed by atoms with van der Waals surface area (Å²) in [5, 5.41) is 12.6. The minimum absolute atomic E-state index is 0.289. The molecule has 2 aliphatic rings. The summed E-state index contributed by atoms with van der Waals surface area (Å²) in [4.78, 5) is 3.56. The lowest BCUT2D eigenvalue weighted by Crippen LogP contribution is -2.41. The van der Waals surface area contributed by atoms with E-state index in [1.165, 1.54) is 154 Å². The molecular weight excluding hydrogens is 1210 g/mol. The Morgan fingerprint density at radius 1 is 0.340 bits per heavy atom. The van der Waals surface area contributed by atoms with Crippen molar-refractivity contribution < 1.29 is 9.31 Å². The largest absolute Gasteiger partial charge is 0.494 e. The van der Waals surface area contributed by atoms with Crippen molar-refractivity contribution in [1.82, 2.24) is 14.1 Å². The molecule has 5 nitrogen and oxygen atoms in total. The van der Waals surface area contributed by atoms with Gasteiger partial charge in [0.15, 0.2) is 0 Å². The second-order valence-corrected chi connectivity index (χ2v) is 26.9. The van der Waals surface area contributed by atoms with Gasteiger partial charge in [-0.3, -0.25) is 0 Å². The maximum atomic E-state index is 6.18. The van der Waals surface area contributed by atoms with E-state index in [9.17, 15) is 0 Å². The Labute approximate surface area is 555 Å². The van der Waals surface area contributed by atoms with Gasteiger partial charge in [0, 0.05) is 70.0 Å². The van der Waals surface area contributed by atoms with Gasteiger partial charge in [-0.2, -0.15) is 0 Å². The van der Waals surface area contributed by atoms with Gasteiger partial charge in [0.05, 0.1) is 33.3 Å². The monoisotopic (exact) mass is 1270 g/mol. The van der Waals surface area contributed by atoms with E-state index in [1.807, 2.05) is 0 Å². The minimum Gasteiger partial charge on any atom is -0.399 e. The van der Waals surface area contributed by atoms with Crippen molar-refractivity contribution >= 4 is 115 Å². The molecule has 1 fully saturated rings. The summed E-state index contributed by atoms with van der Waals surface area (Å²) in [5.41, 5.74) is 22.9. The standard InChI is InChI=1S/C40H26N2.C28H18BrN.C19H21BO2/c1-2-9-26(10-3-1)28-12-8-13-31(23-28)42-39-22-19-30(25-36(39)34-20-17-27-11-4-5-14-32(27)40(34)42)29-18-21-38-35(24-29)33-15-6-7-16-37(33)41-38;29-22-14-16-27-26(18-22)25-15-13-20-9-4-5-12-24(20)28(25)30(27)23-11-6-10-21(17-23)19-7-2-1-3-8-19;1-18(2)19(3,4)22-20(21-18)15-10-9-14-11-13-7-5-6-8-16(13)17(14)12-15/h1-25,41H;1-18H;5-10,12H,11H2,1-4H3. The Hall–Kier alpha value is -10.5. The molecule has 19 rings (SSSR count). The van der Waals surface area contributed by atoms with E-state index in [1.54, 1.807) is 0 Å². The van der Waals surface area contributed by atoms with Gasteiger partial charge in [0.2, 0.25) is 0 Å². The van der Waals surface area contributed by atoms with E-state index in [4.69, 9.17) is 9.31 Å². The fourth-order valence-electron chi connectivity index (χ4n) is 14.5. The molecule has 0 bridgehead atoms. The van der Waals surface area contributed by atoms with Gasteiger partial charge in [-0.25, -0.2) is 0 Å². The second kappa shape index (κ2) is 22.9. The van der Waals surface area contributed by atoms with Crippen LogP contribution in [0.4, 0.5) is 0 Å². The van der Waals surface area contributed by atoms with Crippen molar-refractivity contribution in [3.8, 4) is 55.9 Å². The average Bonchev–Trinajstić information content (AvgIpc) is 1.59. The van der Waals surface area contributed by atoms with Crippen molar-refractivity contribution in [2.75, 3.05) is 0 Å². The summed E-state index contributed by atoms with van der Waals surface area (Å²) in [6.45, 7) is 8.37. The lowest BCUT2D eigenvalue weighted by molar-refractivity contribution is 0.00578. The highest BCUT2D eigenvalue weighted by atomic mass is 79.9. The van der Waals surface area contributed by atoms with Crippen molar-refractivity contribution in [1.29, 1.82) is 0 Å². The maximum Gasteiger partial charge on any atom is 0.494 e. The number of fused-ring (bicyclic) bond motifs is 16. The van der Waals surface area contributed by atoms with Crippen molar-refractivity contribution in [3.63, 3.8) is 0 Å². The van der Waals surface area contributed by atoms with Gasteiger partial charge in [0.1, 0.15) is 0 Å². The van der Waals surface area contributed by atoms with E-state index in [2.05, 4.69) is 361 Å². The summed E-state index contributed by atoms with van der Waals surface area (Å²) in [6, 6.07) is 109. The van der Waals surface area contributed by atoms with Crippen LogP contribution in [-0.4, -0.2) is 32.4 Å². The molecule has 1 aliphatic carbocycles. The Morgan fingerprint density at radius 3 is 1.45 bits per heavy atom. The number of para-hydroxylation sites is 1. The molecule has 0 spiro atoms. The number of hydrogen-bond donors (Lipinski definition) is 1. The molecule has 450 valence electrons. The molecule has 1 aliphatic heterocycles. The van der Waals surface area contributed by atoms with Crippen LogP contribution >= 0.6 is 15.9 Å². The van der Waals surface area contributed by atoms with Crippen molar-refractivity contribution in [3.05, 3.63) is 319 Å². The number of aromatic nitrogens is 3. The van der Waals surface area contributed by atoms with Gasteiger partial charge < -0.3 is 23.4 Å². The van der Waals surface area contributed by atoms with Gasteiger partial charge >= 0.3 is 7.12 Å². The fourth-order valence-corrected chi connectivity index (χ4v) is 14.8. The van der Waals surface area contributed by atoms with Gasteiger partial charge in [-0.1, -0.05) is 246 Å². The molecule has 0 amide bonds. The quantitative estimate of drug-likeness (QED) is 0.169. The first-order chi connectivity index (χ1) is 46.0.